The summed E-state index contributed by atoms with van der Waals surface area (Å²) in [5, 5.41) is 0. The Morgan fingerprint density at radius 3 is 2.56 bits per heavy atom. The minimum absolute atomic E-state index is 0.224. The summed E-state index contributed by atoms with van der Waals surface area (Å²) in [5.41, 5.74) is 0. The van der Waals surface area contributed by atoms with Gasteiger partial charge in [-0.15, -0.1) is 0 Å². The number of piperidine rings is 1. The zero-order chi connectivity index (χ0) is 19.9. The second kappa shape index (κ2) is 9.92. The fourth-order valence-electron chi connectivity index (χ4n) is 3.12. The number of halogens is 1. The molecule has 0 radical (unpaired) electrons. The lowest BCUT2D eigenvalue weighted by atomic mass is 9.92. The van der Waals surface area contributed by atoms with E-state index in [1.54, 1.807) is 4.90 Å². The third kappa shape index (κ3) is 6.68. The van der Waals surface area contributed by atoms with Crippen LogP contribution in [-0.2, 0) is 14.6 Å². The smallest absolute Gasteiger partial charge is 0.409 e. The maximum Gasteiger partial charge on any atom is 0.409 e. The fraction of sp³-hybridized carbons (Fsp3) is 0.632. The molecule has 1 fully saturated rings. The second-order valence-electron chi connectivity index (χ2n) is 6.90. The molecule has 6 nitrogen and oxygen atoms in total. The molecule has 152 valence electrons. The molecular formula is C19H28FNO5S. The number of ether oxygens (including phenoxy) is 2. The van der Waals surface area contributed by atoms with Crippen molar-refractivity contribution in [3.63, 3.8) is 0 Å². The molecule has 0 N–H and O–H groups in total. The highest BCUT2D eigenvalue weighted by molar-refractivity contribution is 7.90. The monoisotopic (exact) mass is 401 g/mol. The van der Waals surface area contributed by atoms with E-state index < -0.39 is 15.7 Å². The van der Waals surface area contributed by atoms with Crippen LogP contribution in [0.25, 0.3) is 0 Å². The van der Waals surface area contributed by atoms with Gasteiger partial charge in [0.05, 0.1) is 13.2 Å². The highest BCUT2D eigenvalue weighted by atomic mass is 32.2. The van der Waals surface area contributed by atoms with Gasteiger partial charge >= 0.3 is 6.09 Å². The number of benzene rings is 1. The number of hydrogen-bond donors (Lipinski definition) is 0. The van der Waals surface area contributed by atoms with Crippen LogP contribution in [0.15, 0.2) is 23.1 Å². The Balaban J connectivity index is 1.68. The van der Waals surface area contributed by atoms with Gasteiger partial charge in [-0.3, -0.25) is 0 Å². The van der Waals surface area contributed by atoms with Crippen molar-refractivity contribution in [1.82, 2.24) is 4.90 Å². The standard InChI is InChI=1S/C19H28FNO5S/c1-3-12-26-19(22)21-10-8-15(9-11-21)5-4-13-25-16-6-7-18(17(20)14-16)27(2,23)24/h6-7,14-15H,3-5,8-13H2,1-2H3. The van der Waals surface area contributed by atoms with Crippen LogP contribution in [0.1, 0.15) is 39.0 Å². The van der Waals surface area contributed by atoms with E-state index in [0.717, 1.165) is 44.4 Å². The molecule has 2 rings (SSSR count). The maximum atomic E-state index is 13.8. The van der Waals surface area contributed by atoms with Gasteiger partial charge < -0.3 is 14.4 Å². The van der Waals surface area contributed by atoms with E-state index in [-0.39, 0.29) is 11.0 Å². The van der Waals surface area contributed by atoms with Crippen molar-refractivity contribution in [3.8, 4) is 5.75 Å². The lowest BCUT2D eigenvalue weighted by Crippen LogP contribution is -2.39. The van der Waals surface area contributed by atoms with Crippen LogP contribution in [0.5, 0.6) is 5.75 Å². The third-order valence-electron chi connectivity index (χ3n) is 4.63. The van der Waals surface area contributed by atoms with E-state index in [1.807, 2.05) is 6.92 Å². The zero-order valence-electron chi connectivity index (χ0n) is 15.9. The van der Waals surface area contributed by atoms with Gasteiger partial charge in [-0.25, -0.2) is 17.6 Å². The molecule has 1 aliphatic heterocycles. The first kappa shape index (κ1) is 21.5. The molecule has 0 bridgehead atoms. The van der Waals surface area contributed by atoms with Crippen molar-refractivity contribution < 1.29 is 27.1 Å². The van der Waals surface area contributed by atoms with Crippen molar-refractivity contribution in [3.05, 3.63) is 24.0 Å². The number of hydrogen-bond acceptors (Lipinski definition) is 5. The predicted octanol–water partition coefficient (Wildman–Crippen LogP) is 3.65. The molecule has 1 aliphatic rings. The van der Waals surface area contributed by atoms with Gasteiger partial charge in [0.15, 0.2) is 9.84 Å². The summed E-state index contributed by atoms with van der Waals surface area (Å²) in [6.45, 7) is 4.30. The van der Waals surface area contributed by atoms with Crippen LogP contribution in [0.2, 0.25) is 0 Å². The van der Waals surface area contributed by atoms with E-state index in [1.165, 1.54) is 12.1 Å². The molecular weight excluding hydrogens is 373 g/mol. The minimum atomic E-state index is -3.57. The highest BCUT2D eigenvalue weighted by Crippen LogP contribution is 2.24. The van der Waals surface area contributed by atoms with Gasteiger partial charge in [-0.2, -0.15) is 0 Å². The average molecular weight is 402 g/mol. The van der Waals surface area contributed by atoms with E-state index in [9.17, 15) is 17.6 Å². The quantitative estimate of drug-likeness (QED) is 0.622. The van der Waals surface area contributed by atoms with Crippen molar-refractivity contribution in [2.75, 3.05) is 32.6 Å². The lowest BCUT2D eigenvalue weighted by Gasteiger charge is -2.31. The molecule has 1 amide bonds. The first-order chi connectivity index (χ1) is 12.8. The van der Waals surface area contributed by atoms with E-state index >= 15 is 0 Å². The first-order valence-corrected chi connectivity index (χ1v) is 11.2. The Morgan fingerprint density at radius 1 is 1.26 bits per heavy atom. The van der Waals surface area contributed by atoms with Crippen molar-refractivity contribution in [1.29, 1.82) is 0 Å². The van der Waals surface area contributed by atoms with Gasteiger partial charge in [0, 0.05) is 25.4 Å². The Bertz CT molecular complexity index is 730. The molecule has 0 aromatic heterocycles. The lowest BCUT2D eigenvalue weighted by molar-refractivity contribution is 0.0862. The van der Waals surface area contributed by atoms with E-state index in [4.69, 9.17) is 9.47 Å². The van der Waals surface area contributed by atoms with Gasteiger partial charge in [0.25, 0.3) is 0 Å². The topological polar surface area (TPSA) is 72.9 Å². The first-order valence-electron chi connectivity index (χ1n) is 9.35. The van der Waals surface area contributed by atoms with Crippen molar-refractivity contribution >= 4 is 15.9 Å². The highest BCUT2D eigenvalue weighted by Gasteiger charge is 2.23. The Kier molecular flexibility index (Phi) is 7.89. The number of carbonyl (C=O) groups excluding carboxylic acids is 1. The SMILES string of the molecule is CCCOC(=O)N1CCC(CCCOc2ccc(S(C)(=O)=O)c(F)c2)CC1. The molecule has 27 heavy (non-hydrogen) atoms. The Labute approximate surface area is 160 Å². The average Bonchev–Trinajstić information content (AvgIpc) is 2.62. The molecule has 8 heteroatoms. The molecule has 0 aliphatic carbocycles. The summed E-state index contributed by atoms with van der Waals surface area (Å²) < 4.78 is 47.3. The summed E-state index contributed by atoms with van der Waals surface area (Å²) in [6, 6.07) is 3.81. The molecule has 1 aromatic carbocycles. The van der Waals surface area contributed by atoms with Gasteiger partial charge in [-0.05, 0) is 50.2 Å². The summed E-state index contributed by atoms with van der Waals surface area (Å²) >= 11 is 0. The summed E-state index contributed by atoms with van der Waals surface area (Å²) in [4.78, 5) is 13.2. The van der Waals surface area contributed by atoms with Crippen LogP contribution in [0, 0.1) is 11.7 Å². The van der Waals surface area contributed by atoms with Crippen LogP contribution in [-0.4, -0.2) is 52.0 Å². The number of rotatable bonds is 8. The predicted molar refractivity (Wildman–Crippen MR) is 100 cm³/mol. The zero-order valence-corrected chi connectivity index (χ0v) is 16.8. The molecule has 0 saturated carbocycles. The van der Waals surface area contributed by atoms with E-state index in [2.05, 4.69) is 0 Å². The van der Waals surface area contributed by atoms with Gasteiger partial charge in [0.1, 0.15) is 16.5 Å². The van der Waals surface area contributed by atoms with Gasteiger partial charge in [-0.1, -0.05) is 6.92 Å². The van der Waals surface area contributed by atoms with Crippen LogP contribution in [0.3, 0.4) is 0 Å². The summed E-state index contributed by atoms with van der Waals surface area (Å²) in [5.74, 6) is 0.0684. The molecule has 1 aromatic rings. The normalized spacial score (nSPS) is 15.6. The molecule has 0 unspecified atom stereocenters. The molecule has 0 atom stereocenters. The second-order valence-corrected chi connectivity index (χ2v) is 8.88. The molecule has 1 heterocycles. The maximum absolute atomic E-state index is 13.8. The minimum Gasteiger partial charge on any atom is -0.493 e. The van der Waals surface area contributed by atoms with Gasteiger partial charge in [0.2, 0.25) is 0 Å². The molecule has 1 saturated heterocycles. The van der Waals surface area contributed by atoms with Crippen molar-refractivity contribution in [2.45, 2.75) is 43.9 Å². The van der Waals surface area contributed by atoms with Crippen LogP contribution < -0.4 is 4.74 Å². The Hall–Kier alpha value is -1.83. The van der Waals surface area contributed by atoms with Crippen molar-refractivity contribution in [2.24, 2.45) is 5.92 Å². The molecule has 0 spiro atoms. The van der Waals surface area contributed by atoms with Crippen LogP contribution in [0.4, 0.5) is 9.18 Å². The number of sulfone groups is 1. The van der Waals surface area contributed by atoms with E-state index in [0.29, 0.717) is 38.0 Å². The number of nitrogens with zero attached hydrogens (tertiary/aromatic N) is 1. The number of amides is 1. The number of carbonyl (C=O) groups is 1. The summed E-state index contributed by atoms with van der Waals surface area (Å²) in [7, 11) is -3.57. The largest absolute Gasteiger partial charge is 0.493 e. The third-order valence-corrected chi connectivity index (χ3v) is 5.76. The van der Waals surface area contributed by atoms with Crippen LogP contribution >= 0.6 is 0 Å². The Morgan fingerprint density at radius 2 is 1.96 bits per heavy atom. The summed E-state index contributed by atoms with van der Waals surface area (Å²) in [6.07, 6.45) is 5.25. The number of likely N-dealkylation sites (tertiary alicyclic amines) is 1. The fourth-order valence-corrected chi connectivity index (χ4v) is 3.85.